The molecule has 0 spiro atoms. The van der Waals surface area contributed by atoms with Gasteiger partial charge in [-0.1, -0.05) is 0 Å². The van der Waals surface area contributed by atoms with Crippen LogP contribution in [0.1, 0.15) is 32.0 Å². The van der Waals surface area contributed by atoms with Gasteiger partial charge in [0.1, 0.15) is 0 Å². The van der Waals surface area contributed by atoms with Gasteiger partial charge in [-0.05, 0) is 32.1 Å². The van der Waals surface area contributed by atoms with E-state index < -0.39 is 0 Å². The molecule has 0 fully saturated rings. The van der Waals surface area contributed by atoms with Crippen LogP contribution in [-0.2, 0) is 5.75 Å². The summed E-state index contributed by atoms with van der Waals surface area (Å²) in [6, 6.07) is 2.55. The van der Waals surface area contributed by atoms with E-state index in [0.29, 0.717) is 6.04 Å². The Morgan fingerprint density at radius 3 is 2.93 bits per heavy atom. The van der Waals surface area contributed by atoms with Crippen LogP contribution in [0.25, 0.3) is 0 Å². The first-order valence-electron chi connectivity index (χ1n) is 4.91. The molecule has 0 amide bonds. The zero-order valence-corrected chi connectivity index (χ0v) is 10.3. The Morgan fingerprint density at radius 2 is 2.36 bits per heavy atom. The molecule has 0 aliphatic heterocycles. The standard InChI is InChI=1S/C10H17ClN2S/c1-9(2)13-6-4-10(12-13)8-14-7-3-5-11/h4,6,9H,3,5,7-8H2,1-2H3. The molecule has 0 aromatic carbocycles. The van der Waals surface area contributed by atoms with Gasteiger partial charge in [0.2, 0.25) is 0 Å². The lowest BCUT2D eigenvalue weighted by Gasteiger charge is -2.03. The van der Waals surface area contributed by atoms with Crippen molar-refractivity contribution < 1.29 is 0 Å². The fourth-order valence-electron chi connectivity index (χ4n) is 1.08. The fourth-order valence-corrected chi connectivity index (χ4v) is 2.22. The second-order valence-electron chi connectivity index (χ2n) is 3.48. The van der Waals surface area contributed by atoms with Crippen molar-refractivity contribution in [2.75, 3.05) is 11.6 Å². The van der Waals surface area contributed by atoms with Gasteiger partial charge in [0.05, 0.1) is 5.69 Å². The topological polar surface area (TPSA) is 17.8 Å². The number of thioether (sulfide) groups is 1. The highest BCUT2D eigenvalue weighted by molar-refractivity contribution is 7.98. The Balaban J connectivity index is 2.29. The monoisotopic (exact) mass is 232 g/mol. The molecular weight excluding hydrogens is 216 g/mol. The van der Waals surface area contributed by atoms with Crippen LogP contribution in [0, 0.1) is 0 Å². The number of halogens is 1. The highest BCUT2D eigenvalue weighted by Crippen LogP contribution is 2.13. The summed E-state index contributed by atoms with van der Waals surface area (Å²) in [6.07, 6.45) is 3.12. The molecule has 0 bridgehead atoms. The first-order chi connectivity index (χ1) is 6.74. The minimum absolute atomic E-state index is 0.455. The van der Waals surface area contributed by atoms with E-state index in [1.807, 2.05) is 22.6 Å². The van der Waals surface area contributed by atoms with Gasteiger partial charge in [0, 0.05) is 23.9 Å². The summed E-state index contributed by atoms with van der Waals surface area (Å²) in [4.78, 5) is 0. The van der Waals surface area contributed by atoms with Crippen LogP contribution in [0.5, 0.6) is 0 Å². The molecule has 1 heterocycles. The first-order valence-corrected chi connectivity index (χ1v) is 6.60. The molecular formula is C10H17ClN2S. The molecule has 0 radical (unpaired) electrons. The molecule has 4 heteroatoms. The highest BCUT2D eigenvalue weighted by atomic mass is 35.5. The minimum Gasteiger partial charge on any atom is -0.270 e. The number of rotatable bonds is 6. The molecule has 0 unspecified atom stereocenters. The van der Waals surface area contributed by atoms with E-state index in [1.165, 1.54) is 5.69 Å². The van der Waals surface area contributed by atoms with Crippen LogP contribution in [0.15, 0.2) is 12.3 Å². The lowest BCUT2D eigenvalue weighted by Crippen LogP contribution is -2.01. The molecule has 0 saturated heterocycles. The molecule has 0 aliphatic carbocycles. The van der Waals surface area contributed by atoms with E-state index in [0.717, 1.165) is 23.8 Å². The SMILES string of the molecule is CC(C)n1ccc(CSCCCCl)n1. The average Bonchev–Trinajstić information content (AvgIpc) is 2.61. The highest BCUT2D eigenvalue weighted by Gasteiger charge is 2.01. The number of alkyl halides is 1. The number of nitrogens with zero attached hydrogens (tertiary/aromatic N) is 2. The summed E-state index contributed by atoms with van der Waals surface area (Å²) in [5.74, 6) is 2.88. The minimum atomic E-state index is 0.455. The molecule has 0 N–H and O–H groups in total. The van der Waals surface area contributed by atoms with Gasteiger partial charge < -0.3 is 0 Å². The lowest BCUT2D eigenvalue weighted by atomic mass is 10.4. The Morgan fingerprint density at radius 1 is 1.57 bits per heavy atom. The third-order valence-electron chi connectivity index (χ3n) is 1.86. The van der Waals surface area contributed by atoms with Crippen LogP contribution in [0.2, 0.25) is 0 Å². The predicted octanol–water partition coefficient (Wildman–Crippen LogP) is 3.33. The van der Waals surface area contributed by atoms with E-state index in [2.05, 4.69) is 25.0 Å². The number of aromatic nitrogens is 2. The Kier molecular flexibility index (Phi) is 5.41. The zero-order chi connectivity index (χ0) is 10.4. The summed E-state index contributed by atoms with van der Waals surface area (Å²) in [5, 5.41) is 4.47. The summed E-state index contributed by atoms with van der Waals surface area (Å²) in [7, 11) is 0. The molecule has 0 atom stereocenters. The van der Waals surface area contributed by atoms with E-state index in [9.17, 15) is 0 Å². The number of hydrogen-bond acceptors (Lipinski definition) is 2. The van der Waals surface area contributed by atoms with E-state index in [-0.39, 0.29) is 0 Å². The number of hydrogen-bond donors (Lipinski definition) is 0. The summed E-state index contributed by atoms with van der Waals surface area (Å²) < 4.78 is 2.00. The van der Waals surface area contributed by atoms with Crippen molar-refractivity contribution in [2.45, 2.75) is 32.1 Å². The maximum absolute atomic E-state index is 5.60. The van der Waals surface area contributed by atoms with E-state index >= 15 is 0 Å². The van der Waals surface area contributed by atoms with Gasteiger partial charge in [0.25, 0.3) is 0 Å². The average molecular weight is 233 g/mol. The van der Waals surface area contributed by atoms with Crippen LogP contribution >= 0.6 is 23.4 Å². The van der Waals surface area contributed by atoms with Crippen molar-refractivity contribution in [3.8, 4) is 0 Å². The van der Waals surface area contributed by atoms with Crippen molar-refractivity contribution in [1.29, 1.82) is 0 Å². The van der Waals surface area contributed by atoms with Gasteiger partial charge in [-0.15, -0.1) is 11.6 Å². The molecule has 2 nitrogen and oxygen atoms in total. The van der Waals surface area contributed by atoms with Crippen LogP contribution in [-0.4, -0.2) is 21.4 Å². The molecule has 0 saturated carbocycles. The molecule has 80 valence electrons. The van der Waals surface area contributed by atoms with Crippen molar-refractivity contribution in [3.63, 3.8) is 0 Å². The second kappa shape index (κ2) is 6.36. The van der Waals surface area contributed by atoms with E-state index in [1.54, 1.807) is 0 Å². The Bertz CT molecular complexity index is 260. The normalized spacial score (nSPS) is 11.1. The van der Waals surface area contributed by atoms with Gasteiger partial charge in [-0.3, -0.25) is 4.68 Å². The second-order valence-corrected chi connectivity index (χ2v) is 4.96. The van der Waals surface area contributed by atoms with Crippen molar-refractivity contribution >= 4 is 23.4 Å². The van der Waals surface area contributed by atoms with Gasteiger partial charge in [0.15, 0.2) is 0 Å². The first kappa shape index (κ1) is 11.9. The van der Waals surface area contributed by atoms with Crippen LogP contribution in [0.3, 0.4) is 0 Å². The molecule has 0 aliphatic rings. The van der Waals surface area contributed by atoms with Gasteiger partial charge in [-0.2, -0.15) is 16.9 Å². The Hall–Kier alpha value is -0.150. The summed E-state index contributed by atoms with van der Waals surface area (Å²) >= 11 is 7.49. The van der Waals surface area contributed by atoms with E-state index in [4.69, 9.17) is 11.6 Å². The summed E-state index contributed by atoms with van der Waals surface area (Å²) in [5.41, 5.74) is 1.17. The fraction of sp³-hybridized carbons (Fsp3) is 0.700. The maximum Gasteiger partial charge on any atom is 0.0723 e. The third kappa shape index (κ3) is 3.93. The van der Waals surface area contributed by atoms with Crippen LogP contribution in [0.4, 0.5) is 0 Å². The van der Waals surface area contributed by atoms with Crippen molar-refractivity contribution in [2.24, 2.45) is 0 Å². The molecule has 1 aromatic rings. The molecule has 1 rings (SSSR count). The smallest absolute Gasteiger partial charge is 0.0723 e. The summed E-state index contributed by atoms with van der Waals surface area (Å²) in [6.45, 7) is 4.27. The van der Waals surface area contributed by atoms with Crippen molar-refractivity contribution in [1.82, 2.24) is 9.78 Å². The van der Waals surface area contributed by atoms with Crippen molar-refractivity contribution in [3.05, 3.63) is 18.0 Å². The lowest BCUT2D eigenvalue weighted by molar-refractivity contribution is 0.529. The molecule has 14 heavy (non-hydrogen) atoms. The van der Waals surface area contributed by atoms with Gasteiger partial charge in [-0.25, -0.2) is 0 Å². The van der Waals surface area contributed by atoms with Crippen LogP contribution < -0.4 is 0 Å². The molecule has 1 aromatic heterocycles. The Labute approximate surface area is 95.0 Å². The quantitative estimate of drug-likeness (QED) is 0.553. The third-order valence-corrected chi connectivity index (χ3v) is 3.21. The largest absolute Gasteiger partial charge is 0.270 e. The van der Waals surface area contributed by atoms with Gasteiger partial charge >= 0.3 is 0 Å². The predicted molar refractivity (Wildman–Crippen MR) is 64.1 cm³/mol. The maximum atomic E-state index is 5.60. The zero-order valence-electron chi connectivity index (χ0n) is 8.74.